The number of anilines is 1. The summed E-state index contributed by atoms with van der Waals surface area (Å²) in [5, 5.41) is 3.40. The van der Waals surface area contributed by atoms with E-state index in [4.69, 9.17) is 27.4 Å². The molecule has 2 aromatic rings. The number of nitrogens with zero attached hydrogens (tertiary/aromatic N) is 1. The maximum Gasteiger partial charge on any atom is 0.322 e. The molecule has 1 unspecified atom stereocenters. The minimum atomic E-state index is -3.63. The van der Waals surface area contributed by atoms with E-state index in [1.54, 1.807) is 47.4 Å². The molecule has 0 aliphatic heterocycles. The highest BCUT2D eigenvalue weighted by atomic mass is 35.5. The van der Waals surface area contributed by atoms with E-state index in [0.717, 1.165) is 18.2 Å². The van der Waals surface area contributed by atoms with Gasteiger partial charge in [-0.2, -0.15) is 8.42 Å². The van der Waals surface area contributed by atoms with Gasteiger partial charge in [0.1, 0.15) is 5.75 Å². The first kappa shape index (κ1) is 22.3. The van der Waals surface area contributed by atoms with Gasteiger partial charge in [-0.3, -0.25) is 0 Å². The van der Waals surface area contributed by atoms with Crippen LogP contribution in [0.25, 0.3) is 0 Å². The third kappa shape index (κ3) is 6.29. The maximum absolute atomic E-state index is 12.9. The summed E-state index contributed by atoms with van der Waals surface area (Å²) in [5.41, 5.74) is 1.15. The zero-order valence-corrected chi connectivity index (χ0v) is 18.1. The fraction of sp³-hybridized carbons (Fsp3) is 0.316. The Morgan fingerprint density at radius 1 is 1.21 bits per heavy atom. The second kappa shape index (κ2) is 9.49. The van der Waals surface area contributed by atoms with Crippen molar-refractivity contribution in [2.24, 2.45) is 0 Å². The summed E-state index contributed by atoms with van der Waals surface area (Å²) in [6, 6.07) is 11.2. The number of benzene rings is 2. The molecule has 1 N–H and O–H groups in total. The molecule has 0 aliphatic carbocycles. The van der Waals surface area contributed by atoms with Crippen LogP contribution in [0.3, 0.4) is 0 Å². The molecule has 0 bridgehead atoms. The molecule has 1 atom stereocenters. The average molecular weight is 445 g/mol. The lowest BCUT2D eigenvalue weighted by molar-refractivity contribution is 0.187. The first-order chi connectivity index (χ1) is 13.1. The number of carbonyl (C=O) groups is 1. The SMILES string of the molecule is CCC(C)N(Cc1cccc(OS(C)(=O)=O)c1)C(=O)Nc1cccc(Cl)c1Cl. The summed E-state index contributed by atoms with van der Waals surface area (Å²) in [4.78, 5) is 14.5. The largest absolute Gasteiger partial charge is 0.383 e. The molecule has 28 heavy (non-hydrogen) atoms. The van der Waals surface area contributed by atoms with Gasteiger partial charge in [0.25, 0.3) is 0 Å². The Labute approximate surface area is 175 Å². The van der Waals surface area contributed by atoms with E-state index in [-0.39, 0.29) is 29.4 Å². The molecule has 2 rings (SSSR count). The third-order valence-electron chi connectivity index (χ3n) is 4.08. The zero-order valence-electron chi connectivity index (χ0n) is 15.8. The predicted molar refractivity (Wildman–Crippen MR) is 113 cm³/mol. The lowest BCUT2D eigenvalue weighted by Crippen LogP contribution is -2.40. The van der Waals surface area contributed by atoms with Crippen LogP contribution in [-0.4, -0.2) is 31.6 Å². The molecule has 6 nitrogen and oxygen atoms in total. The number of rotatable bonds is 7. The summed E-state index contributed by atoms with van der Waals surface area (Å²) < 4.78 is 27.6. The van der Waals surface area contributed by atoms with Gasteiger partial charge in [-0.15, -0.1) is 0 Å². The topological polar surface area (TPSA) is 75.7 Å². The summed E-state index contributed by atoms with van der Waals surface area (Å²) >= 11 is 12.2. The van der Waals surface area contributed by atoms with Gasteiger partial charge < -0.3 is 14.4 Å². The van der Waals surface area contributed by atoms with E-state index in [9.17, 15) is 13.2 Å². The van der Waals surface area contributed by atoms with Crippen LogP contribution >= 0.6 is 23.2 Å². The van der Waals surface area contributed by atoms with Gasteiger partial charge >= 0.3 is 16.1 Å². The minimum absolute atomic E-state index is 0.0718. The van der Waals surface area contributed by atoms with E-state index in [0.29, 0.717) is 10.7 Å². The van der Waals surface area contributed by atoms with Crippen molar-refractivity contribution >= 4 is 45.0 Å². The molecule has 0 saturated heterocycles. The molecule has 0 heterocycles. The second-order valence-electron chi connectivity index (χ2n) is 6.35. The average Bonchev–Trinajstić information content (AvgIpc) is 2.61. The van der Waals surface area contributed by atoms with Crippen LogP contribution in [0.15, 0.2) is 42.5 Å². The molecule has 0 radical (unpaired) electrons. The van der Waals surface area contributed by atoms with Crippen LogP contribution in [0.5, 0.6) is 5.75 Å². The van der Waals surface area contributed by atoms with Gasteiger partial charge in [0.15, 0.2) is 0 Å². The minimum Gasteiger partial charge on any atom is -0.383 e. The Morgan fingerprint density at radius 3 is 2.54 bits per heavy atom. The van der Waals surface area contributed by atoms with Gasteiger partial charge in [0.2, 0.25) is 0 Å². The van der Waals surface area contributed by atoms with Gasteiger partial charge in [-0.25, -0.2) is 4.79 Å². The van der Waals surface area contributed by atoms with Crippen LogP contribution in [0.4, 0.5) is 10.5 Å². The van der Waals surface area contributed by atoms with E-state index in [1.165, 1.54) is 0 Å². The fourth-order valence-corrected chi connectivity index (χ4v) is 3.30. The molecule has 0 saturated carbocycles. The zero-order chi connectivity index (χ0) is 20.9. The number of hydrogen-bond donors (Lipinski definition) is 1. The summed E-state index contributed by atoms with van der Waals surface area (Å²) in [7, 11) is -3.63. The first-order valence-electron chi connectivity index (χ1n) is 8.60. The van der Waals surface area contributed by atoms with Crippen LogP contribution in [-0.2, 0) is 16.7 Å². The highest BCUT2D eigenvalue weighted by Crippen LogP contribution is 2.30. The Morgan fingerprint density at radius 2 is 1.89 bits per heavy atom. The van der Waals surface area contributed by atoms with Crippen LogP contribution < -0.4 is 9.50 Å². The highest BCUT2D eigenvalue weighted by Gasteiger charge is 2.21. The van der Waals surface area contributed by atoms with Crippen molar-refractivity contribution in [1.82, 2.24) is 4.90 Å². The van der Waals surface area contributed by atoms with Crippen molar-refractivity contribution in [3.8, 4) is 5.75 Å². The molecule has 0 aromatic heterocycles. The molecule has 2 amide bonds. The molecule has 0 fully saturated rings. The summed E-state index contributed by atoms with van der Waals surface area (Å²) in [5.74, 6) is 0.197. The van der Waals surface area contributed by atoms with Crippen LogP contribution in [0.2, 0.25) is 10.0 Å². The molecular weight excluding hydrogens is 423 g/mol. The molecule has 152 valence electrons. The summed E-state index contributed by atoms with van der Waals surface area (Å²) in [6.45, 7) is 4.16. The number of nitrogens with one attached hydrogen (secondary N) is 1. The quantitative estimate of drug-likeness (QED) is 0.597. The van der Waals surface area contributed by atoms with Gasteiger partial charge in [-0.05, 0) is 43.2 Å². The van der Waals surface area contributed by atoms with Crippen LogP contribution in [0, 0.1) is 0 Å². The van der Waals surface area contributed by atoms with Crippen molar-refractivity contribution in [2.45, 2.75) is 32.9 Å². The number of hydrogen-bond acceptors (Lipinski definition) is 4. The molecule has 0 aliphatic rings. The second-order valence-corrected chi connectivity index (χ2v) is 8.71. The number of amides is 2. The van der Waals surface area contributed by atoms with Crippen molar-refractivity contribution in [3.63, 3.8) is 0 Å². The lowest BCUT2D eigenvalue weighted by Gasteiger charge is -2.29. The first-order valence-corrected chi connectivity index (χ1v) is 11.2. The van der Waals surface area contributed by atoms with Crippen molar-refractivity contribution in [1.29, 1.82) is 0 Å². The molecular formula is C19H22Cl2N2O4S. The van der Waals surface area contributed by atoms with Gasteiger partial charge in [0, 0.05) is 12.6 Å². The lowest BCUT2D eigenvalue weighted by atomic mass is 10.1. The molecule has 9 heteroatoms. The molecule has 2 aromatic carbocycles. The summed E-state index contributed by atoms with van der Waals surface area (Å²) in [6.07, 6.45) is 1.71. The van der Waals surface area contributed by atoms with Crippen molar-refractivity contribution < 1.29 is 17.4 Å². The van der Waals surface area contributed by atoms with Crippen molar-refractivity contribution in [2.75, 3.05) is 11.6 Å². The Kier molecular flexibility index (Phi) is 7.57. The smallest absolute Gasteiger partial charge is 0.322 e. The monoisotopic (exact) mass is 444 g/mol. The standard InChI is InChI=1S/C19H22Cl2N2O4S/c1-4-13(2)23(19(24)22-17-10-6-9-16(20)18(17)21)12-14-7-5-8-15(11-14)27-28(3,25)26/h5-11,13H,4,12H2,1-3H3,(H,22,24). The third-order valence-corrected chi connectivity index (χ3v) is 5.39. The Balaban J connectivity index is 2.23. The van der Waals surface area contributed by atoms with Crippen molar-refractivity contribution in [3.05, 3.63) is 58.1 Å². The van der Waals surface area contributed by atoms with Gasteiger partial charge in [0.05, 0.1) is 22.0 Å². The van der Waals surface area contributed by atoms with Gasteiger partial charge in [-0.1, -0.05) is 48.3 Å². The normalized spacial score (nSPS) is 12.3. The van der Waals surface area contributed by atoms with E-state index in [2.05, 4.69) is 5.32 Å². The number of halogens is 2. The van der Waals surface area contributed by atoms with E-state index >= 15 is 0 Å². The maximum atomic E-state index is 12.9. The van der Waals surface area contributed by atoms with E-state index < -0.39 is 10.1 Å². The Bertz CT molecular complexity index is 951. The van der Waals surface area contributed by atoms with Crippen LogP contribution in [0.1, 0.15) is 25.8 Å². The number of urea groups is 1. The Hall–Kier alpha value is -1.96. The van der Waals surface area contributed by atoms with E-state index in [1.807, 2.05) is 13.8 Å². The number of carbonyl (C=O) groups excluding carboxylic acids is 1. The molecule has 0 spiro atoms. The predicted octanol–water partition coefficient (Wildman–Crippen LogP) is 5.16. The highest BCUT2D eigenvalue weighted by molar-refractivity contribution is 7.86. The fourth-order valence-electron chi connectivity index (χ4n) is 2.50.